The van der Waals surface area contributed by atoms with Crippen molar-refractivity contribution in [2.24, 2.45) is 5.73 Å². The number of hydrogen-bond donors (Lipinski definition) is 2. The number of nitrogens with one attached hydrogen (secondary N) is 1. The van der Waals surface area contributed by atoms with Crippen LogP contribution in [-0.2, 0) is 6.61 Å². The van der Waals surface area contributed by atoms with Crippen molar-refractivity contribution in [3.05, 3.63) is 59.4 Å². The van der Waals surface area contributed by atoms with E-state index >= 15 is 0 Å². The Morgan fingerprint density at radius 3 is 2.75 bits per heavy atom. The molecule has 2 aromatic rings. The number of thioether (sulfide) groups is 1. The Bertz CT molecular complexity index is 631. The minimum atomic E-state index is -0.422. The van der Waals surface area contributed by atoms with E-state index in [2.05, 4.69) is 0 Å². The predicted molar refractivity (Wildman–Crippen MR) is 80.0 cm³/mol. The number of benzene rings is 2. The van der Waals surface area contributed by atoms with Crippen molar-refractivity contribution in [2.75, 3.05) is 6.26 Å². The topological polar surface area (TPSA) is 59.1 Å². The highest BCUT2D eigenvalue weighted by atomic mass is 32.2. The van der Waals surface area contributed by atoms with E-state index in [9.17, 15) is 4.39 Å². The van der Waals surface area contributed by atoms with Crippen LogP contribution in [0.2, 0.25) is 0 Å². The SMILES string of the molecule is CSc1ccccc1OCc1cc(F)cc(C(=N)N)c1. The summed E-state index contributed by atoms with van der Waals surface area (Å²) in [7, 11) is 0. The van der Waals surface area contributed by atoms with E-state index in [0.29, 0.717) is 11.1 Å². The molecule has 104 valence electrons. The van der Waals surface area contributed by atoms with Crippen LogP contribution < -0.4 is 10.5 Å². The number of nitrogen functional groups attached to an aromatic ring is 1. The van der Waals surface area contributed by atoms with Gasteiger partial charge in [-0.3, -0.25) is 5.41 Å². The van der Waals surface area contributed by atoms with E-state index in [1.54, 1.807) is 17.8 Å². The molecule has 0 aliphatic rings. The number of para-hydroxylation sites is 1. The van der Waals surface area contributed by atoms with Gasteiger partial charge in [0, 0.05) is 10.5 Å². The van der Waals surface area contributed by atoms with Gasteiger partial charge in [-0.25, -0.2) is 4.39 Å². The van der Waals surface area contributed by atoms with E-state index in [1.165, 1.54) is 12.1 Å². The maximum absolute atomic E-state index is 13.4. The lowest BCUT2D eigenvalue weighted by atomic mass is 10.1. The number of ether oxygens (including phenoxy) is 1. The molecule has 0 bridgehead atoms. The van der Waals surface area contributed by atoms with Gasteiger partial charge in [0.1, 0.15) is 24.0 Å². The summed E-state index contributed by atoms with van der Waals surface area (Å²) in [6, 6.07) is 11.9. The van der Waals surface area contributed by atoms with Crippen LogP contribution in [0.25, 0.3) is 0 Å². The van der Waals surface area contributed by atoms with Gasteiger partial charge in [-0.1, -0.05) is 12.1 Å². The van der Waals surface area contributed by atoms with E-state index < -0.39 is 5.82 Å². The standard InChI is InChI=1S/C15H15FN2OS/c1-20-14-5-3-2-4-13(14)19-9-10-6-11(15(17)18)8-12(16)7-10/h2-8H,9H2,1H3,(H3,17,18). The highest BCUT2D eigenvalue weighted by Crippen LogP contribution is 2.27. The summed E-state index contributed by atoms with van der Waals surface area (Å²) in [6.07, 6.45) is 1.97. The smallest absolute Gasteiger partial charge is 0.133 e. The molecule has 0 amide bonds. The highest BCUT2D eigenvalue weighted by Gasteiger charge is 2.06. The molecule has 2 aromatic carbocycles. The monoisotopic (exact) mass is 290 g/mol. The summed E-state index contributed by atoms with van der Waals surface area (Å²) in [5.74, 6) is 0.179. The van der Waals surface area contributed by atoms with E-state index in [0.717, 1.165) is 10.6 Å². The summed E-state index contributed by atoms with van der Waals surface area (Å²) < 4.78 is 19.2. The number of amidine groups is 1. The Kier molecular flexibility index (Phi) is 4.63. The molecule has 20 heavy (non-hydrogen) atoms. The van der Waals surface area contributed by atoms with Gasteiger partial charge < -0.3 is 10.5 Å². The molecular formula is C15H15FN2OS. The molecular weight excluding hydrogens is 275 g/mol. The third-order valence-corrected chi connectivity index (χ3v) is 3.51. The van der Waals surface area contributed by atoms with Crippen LogP contribution >= 0.6 is 11.8 Å². The van der Waals surface area contributed by atoms with Crippen molar-refractivity contribution in [3.8, 4) is 5.75 Å². The van der Waals surface area contributed by atoms with Crippen LogP contribution in [0.15, 0.2) is 47.4 Å². The van der Waals surface area contributed by atoms with E-state index in [1.807, 2.05) is 30.5 Å². The summed E-state index contributed by atoms with van der Waals surface area (Å²) in [4.78, 5) is 1.02. The number of nitrogens with two attached hydrogens (primary N) is 1. The zero-order valence-electron chi connectivity index (χ0n) is 11.0. The van der Waals surface area contributed by atoms with Crippen molar-refractivity contribution in [1.29, 1.82) is 5.41 Å². The van der Waals surface area contributed by atoms with Crippen molar-refractivity contribution in [2.45, 2.75) is 11.5 Å². The van der Waals surface area contributed by atoms with Crippen molar-refractivity contribution < 1.29 is 9.13 Å². The van der Waals surface area contributed by atoms with E-state index in [4.69, 9.17) is 15.9 Å². The van der Waals surface area contributed by atoms with Crippen molar-refractivity contribution in [1.82, 2.24) is 0 Å². The summed E-state index contributed by atoms with van der Waals surface area (Å²) in [5, 5.41) is 7.36. The molecule has 0 fully saturated rings. The minimum absolute atomic E-state index is 0.157. The summed E-state index contributed by atoms with van der Waals surface area (Å²) >= 11 is 1.59. The lowest BCUT2D eigenvalue weighted by Crippen LogP contribution is -2.12. The quantitative estimate of drug-likeness (QED) is 0.504. The van der Waals surface area contributed by atoms with Crippen molar-refractivity contribution >= 4 is 17.6 Å². The molecule has 0 aromatic heterocycles. The maximum Gasteiger partial charge on any atom is 0.133 e. The summed E-state index contributed by atoms with van der Waals surface area (Å²) in [6.45, 7) is 0.232. The van der Waals surface area contributed by atoms with Crippen LogP contribution in [0.1, 0.15) is 11.1 Å². The molecule has 0 aliphatic heterocycles. The first-order valence-electron chi connectivity index (χ1n) is 6.00. The van der Waals surface area contributed by atoms with Gasteiger partial charge in [-0.05, 0) is 42.2 Å². The second-order valence-corrected chi connectivity index (χ2v) is 5.05. The van der Waals surface area contributed by atoms with Crippen LogP contribution in [-0.4, -0.2) is 12.1 Å². The fraction of sp³-hybridized carbons (Fsp3) is 0.133. The maximum atomic E-state index is 13.4. The van der Waals surface area contributed by atoms with Crippen molar-refractivity contribution in [3.63, 3.8) is 0 Å². The Morgan fingerprint density at radius 2 is 2.05 bits per heavy atom. The Labute approximate surface area is 121 Å². The second kappa shape index (κ2) is 6.43. The molecule has 0 saturated heterocycles. The average Bonchev–Trinajstić information content (AvgIpc) is 2.44. The van der Waals surface area contributed by atoms with E-state index in [-0.39, 0.29) is 12.4 Å². The molecule has 5 heteroatoms. The molecule has 0 spiro atoms. The number of hydrogen-bond acceptors (Lipinski definition) is 3. The fourth-order valence-corrected chi connectivity index (χ4v) is 2.33. The summed E-state index contributed by atoms with van der Waals surface area (Å²) in [5.41, 5.74) is 6.38. The molecule has 3 nitrogen and oxygen atoms in total. The van der Waals surface area contributed by atoms with Gasteiger partial charge in [0.25, 0.3) is 0 Å². The lowest BCUT2D eigenvalue weighted by Gasteiger charge is -2.10. The third kappa shape index (κ3) is 3.51. The van der Waals surface area contributed by atoms with Gasteiger partial charge in [-0.15, -0.1) is 11.8 Å². The average molecular weight is 290 g/mol. The fourth-order valence-electron chi connectivity index (χ4n) is 1.79. The molecule has 0 atom stereocenters. The second-order valence-electron chi connectivity index (χ2n) is 4.20. The molecule has 3 N–H and O–H groups in total. The predicted octanol–water partition coefficient (Wildman–Crippen LogP) is 3.41. The van der Waals surface area contributed by atoms with Crippen LogP contribution in [0.3, 0.4) is 0 Å². The molecule has 0 radical (unpaired) electrons. The first-order chi connectivity index (χ1) is 9.60. The molecule has 0 saturated carbocycles. The first kappa shape index (κ1) is 14.4. The molecule has 0 heterocycles. The minimum Gasteiger partial charge on any atom is -0.488 e. The van der Waals surface area contributed by atoms with Gasteiger partial charge in [0.15, 0.2) is 0 Å². The number of halogens is 1. The zero-order chi connectivity index (χ0) is 14.5. The Balaban J connectivity index is 2.16. The normalized spacial score (nSPS) is 10.3. The van der Waals surface area contributed by atoms with Crippen LogP contribution in [0.5, 0.6) is 5.75 Å². The first-order valence-corrected chi connectivity index (χ1v) is 7.22. The lowest BCUT2D eigenvalue weighted by molar-refractivity contribution is 0.298. The van der Waals surface area contributed by atoms with Gasteiger partial charge in [-0.2, -0.15) is 0 Å². The molecule has 0 unspecified atom stereocenters. The Hall–Kier alpha value is -2.01. The molecule has 2 rings (SSSR count). The Morgan fingerprint density at radius 1 is 1.30 bits per heavy atom. The zero-order valence-corrected chi connectivity index (χ0v) is 11.8. The number of rotatable bonds is 5. The van der Waals surface area contributed by atoms with Crippen LogP contribution in [0, 0.1) is 11.2 Å². The third-order valence-electron chi connectivity index (χ3n) is 2.73. The van der Waals surface area contributed by atoms with Gasteiger partial charge in [0.05, 0.1) is 0 Å². The molecule has 0 aliphatic carbocycles. The van der Waals surface area contributed by atoms with Gasteiger partial charge >= 0.3 is 0 Å². The highest BCUT2D eigenvalue weighted by molar-refractivity contribution is 7.98. The largest absolute Gasteiger partial charge is 0.488 e. The van der Waals surface area contributed by atoms with Crippen LogP contribution in [0.4, 0.5) is 4.39 Å². The van der Waals surface area contributed by atoms with Gasteiger partial charge in [0.2, 0.25) is 0 Å².